The first kappa shape index (κ1) is 14.4. The first-order valence-electron chi connectivity index (χ1n) is 5.98. The number of aliphatic imine (C=N–C) groups is 1. The van der Waals surface area contributed by atoms with Crippen LogP contribution < -0.4 is 10.6 Å². The highest BCUT2D eigenvalue weighted by molar-refractivity contribution is 6.05. The molecule has 4 nitrogen and oxygen atoms in total. The van der Waals surface area contributed by atoms with Crippen molar-refractivity contribution in [1.29, 1.82) is 0 Å². The third-order valence-electron chi connectivity index (χ3n) is 2.58. The number of amides is 1. The molecule has 0 saturated heterocycles. The fraction of sp³-hybridized carbons (Fsp3) is 0.385. The number of carbonyl (C=O) groups is 1. The molecule has 1 heterocycles. The van der Waals surface area contributed by atoms with E-state index in [9.17, 15) is 18.0 Å². The van der Waals surface area contributed by atoms with E-state index in [4.69, 9.17) is 0 Å². The Morgan fingerprint density at radius 3 is 2.35 bits per heavy atom. The van der Waals surface area contributed by atoms with E-state index in [2.05, 4.69) is 15.6 Å². The molecule has 1 amide bonds. The zero-order chi connectivity index (χ0) is 15.1. The van der Waals surface area contributed by atoms with E-state index < -0.39 is 29.4 Å². The van der Waals surface area contributed by atoms with Gasteiger partial charge in [0.05, 0.1) is 0 Å². The molecular weight excluding hydrogens is 271 g/mol. The Morgan fingerprint density at radius 1 is 1.15 bits per heavy atom. The predicted octanol–water partition coefficient (Wildman–Crippen LogP) is 2.02. The summed E-state index contributed by atoms with van der Waals surface area (Å²) in [6, 6.07) is -0.170. The van der Waals surface area contributed by atoms with Crippen molar-refractivity contribution in [3.8, 4) is 0 Å². The van der Waals surface area contributed by atoms with Crippen molar-refractivity contribution >= 4 is 11.9 Å². The van der Waals surface area contributed by atoms with E-state index >= 15 is 0 Å². The summed E-state index contributed by atoms with van der Waals surface area (Å²) < 4.78 is 39.7. The number of hydrogen-bond acceptors (Lipinski definition) is 3. The van der Waals surface area contributed by atoms with Crippen LogP contribution >= 0.6 is 0 Å². The predicted molar refractivity (Wildman–Crippen MR) is 67.5 cm³/mol. The summed E-state index contributed by atoms with van der Waals surface area (Å²) in [5.41, 5.74) is -0.653. The van der Waals surface area contributed by atoms with E-state index in [1.54, 1.807) is 0 Å². The van der Waals surface area contributed by atoms with Gasteiger partial charge in [0.1, 0.15) is 5.82 Å². The highest BCUT2D eigenvalue weighted by Crippen LogP contribution is 2.26. The van der Waals surface area contributed by atoms with Gasteiger partial charge in [-0.3, -0.25) is 10.1 Å². The maximum Gasteiger partial charge on any atom is 0.256 e. The van der Waals surface area contributed by atoms with Crippen LogP contribution in [0.25, 0.3) is 0 Å². The monoisotopic (exact) mass is 285 g/mol. The molecule has 1 aromatic rings. The van der Waals surface area contributed by atoms with Gasteiger partial charge in [-0.25, -0.2) is 18.2 Å². The molecule has 1 atom stereocenters. The molecule has 20 heavy (non-hydrogen) atoms. The summed E-state index contributed by atoms with van der Waals surface area (Å²) in [4.78, 5) is 15.7. The summed E-state index contributed by atoms with van der Waals surface area (Å²) in [5, 5.41) is 5.36. The average molecular weight is 285 g/mol. The number of nitrogens with zero attached hydrogens (tertiary/aromatic N) is 1. The molecule has 7 heteroatoms. The van der Waals surface area contributed by atoms with Crippen LogP contribution in [-0.4, -0.2) is 17.4 Å². The van der Waals surface area contributed by atoms with Crippen molar-refractivity contribution in [2.45, 2.75) is 32.4 Å². The summed E-state index contributed by atoms with van der Waals surface area (Å²) in [7, 11) is 0. The Bertz CT molecular complexity index is 593. The van der Waals surface area contributed by atoms with E-state index in [0.29, 0.717) is 12.1 Å². The van der Waals surface area contributed by atoms with Gasteiger partial charge in [-0.1, -0.05) is 0 Å². The highest BCUT2D eigenvalue weighted by Gasteiger charge is 2.32. The standard InChI is InChI=1S/C13H14F3N3O/c1-13(2,3)19-12-17-10(11(20)18-12)6-4-8(15)9(16)5-7(6)14/h4-5,10H,1-3H3,(H2,17,18,19,20). The minimum atomic E-state index is -1.30. The Kier molecular flexibility index (Phi) is 3.45. The molecular formula is C13H14F3N3O. The summed E-state index contributed by atoms with van der Waals surface area (Å²) in [5.74, 6) is -3.95. The lowest BCUT2D eigenvalue weighted by molar-refractivity contribution is -0.120. The second-order valence-electron chi connectivity index (χ2n) is 5.53. The molecule has 2 rings (SSSR count). The summed E-state index contributed by atoms with van der Waals surface area (Å²) >= 11 is 0. The van der Waals surface area contributed by atoms with Crippen LogP contribution in [-0.2, 0) is 4.79 Å². The zero-order valence-corrected chi connectivity index (χ0v) is 11.2. The third-order valence-corrected chi connectivity index (χ3v) is 2.58. The smallest absolute Gasteiger partial charge is 0.256 e. The van der Waals surface area contributed by atoms with Crippen molar-refractivity contribution in [1.82, 2.24) is 10.6 Å². The normalized spacial score (nSPS) is 18.8. The van der Waals surface area contributed by atoms with Gasteiger partial charge in [-0.2, -0.15) is 0 Å². The molecule has 0 spiro atoms. The van der Waals surface area contributed by atoms with Crippen molar-refractivity contribution in [2.24, 2.45) is 4.99 Å². The lowest BCUT2D eigenvalue weighted by atomic mass is 10.1. The average Bonchev–Trinajstić information content (AvgIpc) is 2.62. The molecule has 0 radical (unpaired) electrons. The minimum Gasteiger partial charge on any atom is -0.351 e. The number of rotatable bonds is 1. The molecule has 0 fully saturated rings. The zero-order valence-electron chi connectivity index (χ0n) is 11.2. The van der Waals surface area contributed by atoms with E-state index in [0.717, 1.165) is 0 Å². The minimum absolute atomic E-state index is 0.177. The van der Waals surface area contributed by atoms with Crippen molar-refractivity contribution < 1.29 is 18.0 Å². The number of hydrogen-bond donors (Lipinski definition) is 2. The molecule has 0 bridgehead atoms. The van der Waals surface area contributed by atoms with Gasteiger partial charge in [0.15, 0.2) is 23.6 Å². The van der Waals surface area contributed by atoms with Crippen LogP contribution in [0.3, 0.4) is 0 Å². The van der Waals surface area contributed by atoms with Gasteiger partial charge in [0.2, 0.25) is 0 Å². The lowest BCUT2D eigenvalue weighted by Gasteiger charge is -2.21. The van der Waals surface area contributed by atoms with Crippen LogP contribution in [0.4, 0.5) is 13.2 Å². The fourth-order valence-electron chi connectivity index (χ4n) is 1.78. The molecule has 0 saturated carbocycles. The van der Waals surface area contributed by atoms with Gasteiger partial charge in [-0.05, 0) is 26.8 Å². The van der Waals surface area contributed by atoms with Gasteiger partial charge in [0, 0.05) is 17.2 Å². The Labute approximate surface area is 114 Å². The number of guanidine groups is 1. The Balaban J connectivity index is 2.34. The maximum absolute atomic E-state index is 13.6. The molecule has 2 N–H and O–H groups in total. The SMILES string of the molecule is CC(C)(C)NC1=NC(c2cc(F)c(F)cc2F)C(=O)N1. The number of nitrogens with one attached hydrogen (secondary N) is 2. The van der Waals surface area contributed by atoms with Crippen LogP contribution in [0.5, 0.6) is 0 Å². The first-order valence-corrected chi connectivity index (χ1v) is 5.98. The second-order valence-corrected chi connectivity index (χ2v) is 5.53. The van der Waals surface area contributed by atoms with Crippen molar-refractivity contribution in [3.05, 3.63) is 35.1 Å². The Morgan fingerprint density at radius 2 is 1.75 bits per heavy atom. The first-order chi connectivity index (χ1) is 9.17. The number of halogens is 3. The number of carbonyl (C=O) groups excluding carboxylic acids is 1. The van der Waals surface area contributed by atoms with Crippen LogP contribution in [0.15, 0.2) is 17.1 Å². The fourth-order valence-corrected chi connectivity index (χ4v) is 1.78. The lowest BCUT2D eigenvalue weighted by Crippen LogP contribution is -2.46. The van der Waals surface area contributed by atoms with Crippen LogP contribution in [0.2, 0.25) is 0 Å². The summed E-state index contributed by atoms with van der Waals surface area (Å²) in [6.45, 7) is 5.56. The van der Waals surface area contributed by atoms with Gasteiger partial charge in [0.25, 0.3) is 5.91 Å². The van der Waals surface area contributed by atoms with Crippen LogP contribution in [0, 0.1) is 17.5 Å². The van der Waals surface area contributed by atoms with E-state index in [1.165, 1.54) is 0 Å². The largest absolute Gasteiger partial charge is 0.351 e. The molecule has 108 valence electrons. The number of benzene rings is 1. The van der Waals surface area contributed by atoms with E-state index in [-0.39, 0.29) is 17.1 Å². The molecule has 1 aromatic carbocycles. The van der Waals surface area contributed by atoms with Crippen molar-refractivity contribution in [3.63, 3.8) is 0 Å². The molecule has 0 aliphatic carbocycles. The molecule has 0 aromatic heterocycles. The molecule has 1 aliphatic rings. The van der Waals surface area contributed by atoms with Crippen molar-refractivity contribution in [2.75, 3.05) is 0 Å². The van der Waals surface area contributed by atoms with Gasteiger partial charge in [-0.15, -0.1) is 0 Å². The van der Waals surface area contributed by atoms with E-state index in [1.807, 2.05) is 20.8 Å². The van der Waals surface area contributed by atoms with Crippen LogP contribution in [0.1, 0.15) is 32.4 Å². The topological polar surface area (TPSA) is 53.5 Å². The summed E-state index contributed by atoms with van der Waals surface area (Å²) in [6.07, 6.45) is 0. The quantitative estimate of drug-likeness (QED) is 0.776. The van der Waals surface area contributed by atoms with Gasteiger partial charge >= 0.3 is 0 Å². The molecule has 1 aliphatic heterocycles. The Hall–Kier alpha value is -2.05. The maximum atomic E-state index is 13.6. The highest BCUT2D eigenvalue weighted by atomic mass is 19.2. The third kappa shape index (κ3) is 2.92. The van der Waals surface area contributed by atoms with Gasteiger partial charge < -0.3 is 5.32 Å². The second kappa shape index (κ2) is 4.81. The molecule has 1 unspecified atom stereocenters.